The Morgan fingerprint density at radius 3 is 2.40 bits per heavy atom. The Hall–Kier alpha value is -3.41. The molecule has 0 saturated carbocycles. The smallest absolute Gasteiger partial charge is 0.255 e. The third-order valence-electron chi connectivity index (χ3n) is 8.76. The third kappa shape index (κ3) is 4.36. The van der Waals surface area contributed by atoms with E-state index in [-0.39, 0.29) is 29.7 Å². The fourth-order valence-electron chi connectivity index (χ4n) is 6.48. The minimum Gasteiger partial charge on any atom is -0.510 e. The van der Waals surface area contributed by atoms with Crippen LogP contribution in [-0.4, -0.2) is 89.2 Å². The van der Waals surface area contributed by atoms with Crippen molar-refractivity contribution >= 4 is 23.2 Å². The zero-order chi connectivity index (χ0) is 29.8. The van der Waals surface area contributed by atoms with Crippen molar-refractivity contribution in [1.82, 2.24) is 10.2 Å². The van der Waals surface area contributed by atoms with E-state index in [1.54, 1.807) is 14.1 Å². The van der Waals surface area contributed by atoms with Crippen LogP contribution < -0.4 is 16.0 Å². The highest BCUT2D eigenvalue weighted by Gasteiger charge is 2.63. The number of carbonyl (C=O) groups is 3. The van der Waals surface area contributed by atoms with Crippen LogP contribution in [0, 0.1) is 17.8 Å². The Balaban J connectivity index is 1.88. The highest BCUT2D eigenvalue weighted by molar-refractivity contribution is 6.24. The normalized spacial score (nSPS) is 26.9. The van der Waals surface area contributed by atoms with E-state index in [2.05, 4.69) is 19.2 Å². The van der Waals surface area contributed by atoms with E-state index in [0.717, 1.165) is 18.7 Å². The zero-order valence-electron chi connectivity index (χ0n) is 23.9. The SMILES string of the molecule is CCC(C)CNCc1cc(N(C)C)c2c(c1O)C(=O)C1=C(O)C3(O)C(=O)C(C(N)=O)=C(O)C(N(C)C)C3CC1C2. The second-order valence-corrected chi connectivity index (χ2v) is 11.8. The highest BCUT2D eigenvalue weighted by atomic mass is 16.3. The topological polar surface area (TPSA) is 177 Å². The molecular formula is C29H40N4O7. The van der Waals surface area contributed by atoms with Gasteiger partial charge < -0.3 is 36.4 Å². The molecule has 0 aromatic heterocycles. The molecule has 7 N–H and O–H groups in total. The lowest BCUT2D eigenvalue weighted by molar-refractivity contribution is -0.148. The van der Waals surface area contributed by atoms with Gasteiger partial charge in [-0.2, -0.15) is 0 Å². The molecule has 1 amide bonds. The Bertz CT molecular complexity index is 1330. The number of benzene rings is 1. The number of hydrogen-bond acceptors (Lipinski definition) is 10. The van der Waals surface area contributed by atoms with Crippen molar-refractivity contribution in [2.24, 2.45) is 23.5 Å². The van der Waals surface area contributed by atoms with Gasteiger partial charge in [-0.05, 0) is 56.9 Å². The molecule has 3 aliphatic rings. The first-order valence-corrected chi connectivity index (χ1v) is 13.6. The standard InChI is InChI=1S/C29H40N4O7/c1-7-13(2)11-31-12-15-10-18(32(3)4)16-8-14-9-17-22(33(5)6)25(36)21(28(30)39)27(38)29(17,40)26(37)19(14)24(35)20(16)23(15)34/h10,13-14,17,22,31,34,36-37,40H,7-9,11-12H2,1-6H3,(H2,30,39). The summed E-state index contributed by atoms with van der Waals surface area (Å²) < 4.78 is 0. The third-order valence-corrected chi connectivity index (χ3v) is 8.76. The van der Waals surface area contributed by atoms with Gasteiger partial charge in [-0.25, -0.2) is 0 Å². The average molecular weight is 557 g/mol. The summed E-state index contributed by atoms with van der Waals surface area (Å²) in [5.74, 6) is -6.09. The molecule has 5 atom stereocenters. The number of likely N-dealkylation sites (N-methyl/N-ethyl adjacent to an activating group) is 1. The summed E-state index contributed by atoms with van der Waals surface area (Å²) in [6, 6.07) is 0.824. The summed E-state index contributed by atoms with van der Waals surface area (Å²) in [6.45, 7) is 5.23. The molecule has 1 aromatic carbocycles. The summed E-state index contributed by atoms with van der Waals surface area (Å²) in [4.78, 5) is 43.0. The van der Waals surface area contributed by atoms with Crippen molar-refractivity contribution in [2.75, 3.05) is 39.6 Å². The molecule has 11 nitrogen and oxygen atoms in total. The quantitative estimate of drug-likeness (QED) is 0.256. The monoisotopic (exact) mass is 556 g/mol. The number of anilines is 1. The number of amides is 1. The number of rotatable bonds is 8. The van der Waals surface area contributed by atoms with Crippen LogP contribution in [0.5, 0.6) is 5.75 Å². The molecule has 11 heteroatoms. The summed E-state index contributed by atoms with van der Waals surface area (Å²) in [5.41, 5.74) is 3.63. The number of allylic oxidation sites excluding steroid dienone is 1. The minimum atomic E-state index is -2.65. The van der Waals surface area contributed by atoms with E-state index in [4.69, 9.17) is 5.73 Å². The maximum atomic E-state index is 14.1. The molecule has 218 valence electrons. The second-order valence-electron chi connectivity index (χ2n) is 11.8. The maximum absolute atomic E-state index is 14.1. The number of aromatic hydroxyl groups is 1. The molecule has 0 spiro atoms. The predicted molar refractivity (Wildman–Crippen MR) is 149 cm³/mol. The number of hydrogen-bond donors (Lipinski definition) is 6. The van der Waals surface area contributed by atoms with E-state index < -0.39 is 58.0 Å². The molecule has 4 rings (SSSR count). The Morgan fingerprint density at radius 1 is 1.20 bits per heavy atom. The number of ketones is 2. The van der Waals surface area contributed by atoms with Gasteiger partial charge in [-0.1, -0.05) is 20.3 Å². The van der Waals surface area contributed by atoms with Crippen LogP contribution in [0.3, 0.4) is 0 Å². The van der Waals surface area contributed by atoms with Gasteiger partial charge in [0.2, 0.25) is 5.78 Å². The number of nitrogens with one attached hydrogen (secondary N) is 1. The Labute approximate surface area is 233 Å². The molecule has 3 aliphatic carbocycles. The Morgan fingerprint density at radius 2 is 1.85 bits per heavy atom. The molecular weight excluding hydrogens is 516 g/mol. The number of aliphatic hydroxyl groups excluding tert-OH is 2. The van der Waals surface area contributed by atoms with Gasteiger partial charge in [0.05, 0.1) is 11.6 Å². The van der Waals surface area contributed by atoms with Gasteiger partial charge >= 0.3 is 0 Å². The van der Waals surface area contributed by atoms with E-state index >= 15 is 0 Å². The summed E-state index contributed by atoms with van der Waals surface area (Å²) in [7, 11) is 6.89. The van der Waals surface area contributed by atoms with Crippen LogP contribution in [0.25, 0.3) is 0 Å². The minimum absolute atomic E-state index is 0.0207. The van der Waals surface area contributed by atoms with Gasteiger partial charge in [0.25, 0.3) is 5.91 Å². The van der Waals surface area contributed by atoms with Crippen LogP contribution in [0.2, 0.25) is 0 Å². The van der Waals surface area contributed by atoms with Crippen molar-refractivity contribution in [2.45, 2.75) is 51.3 Å². The molecule has 0 radical (unpaired) electrons. The van der Waals surface area contributed by atoms with Gasteiger partial charge in [-0.15, -0.1) is 0 Å². The number of phenolic OH excluding ortho intramolecular Hbond substituents is 1. The van der Waals surface area contributed by atoms with Crippen LogP contribution in [0.15, 0.2) is 28.7 Å². The highest BCUT2D eigenvalue weighted by Crippen LogP contribution is 2.53. The fourth-order valence-corrected chi connectivity index (χ4v) is 6.48. The molecule has 0 aliphatic heterocycles. The first-order chi connectivity index (χ1) is 18.7. The largest absolute Gasteiger partial charge is 0.510 e. The summed E-state index contributed by atoms with van der Waals surface area (Å²) in [5, 5.41) is 48.8. The van der Waals surface area contributed by atoms with Crippen molar-refractivity contribution in [1.29, 1.82) is 0 Å². The van der Waals surface area contributed by atoms with Crippen LogP contribution in [-0.2, 0) is 22.6 Å². The lowest BCUT2D eigenvalue weighted by Crippen LogP contribution is -2.63. The first-order valence-electron chi connectivity index (χ1n) is 13.6. The van der Waals surface area contributed by atoms with E-state index in [0.29, 0.717) is 23.6 Å². The van der Waals surface area contributed by atoms with Gasteiger partial charge in [0.15, 0.2) is 11.4 Å². The number of nitrogens with zero attached hydrogens (tertiary/aromatic N) is 2. The summed E-state index contributed by atoms with van der Waals surface area (Å²) in [6.07, 6.45) is 1.29. The van der Waals surface area contributed by atoms with Crippen LogP contribution in [0.1, 0.15) is 48.2 Å². The molecule has 0 fully saturated rings. The molecule has 40 heavy (non-hydrogen) atoms. The van der Waals surface area contributed by atoms with Crippen molar-refractivity contribution in [3.63, 3.8) is 0 Å². The number of nitrogens with two attached hydrogens (primary N) is 1. The van der Waals surface area contributed by atoms with Gasteiger partial charge in [0.1, 0.15) is 22.8 Å². The average Bonchev–Trinajstić information content (AvgIpc) is 2.86. The first kappa shape index (κ1) is 29.6. The second kappa shape index (κ2) is 10.5. The number of Topliss-reactive ketones (excluding diaryl/α,β-unsaturated/α-hetero) is 2. The molecule has 0 bridgehead atoms. The fraction of sp³-hybridized carbons (Fsp3) is 0.552. The Kier molecular flexibility index (Phi) is 7.78. The molecule has 1 aromatic rings. The molecule has 5 unspecified atom stereocenters. The van der Waals surface area contributed by atoms with E-state index in [1.165, 1.54) is 4.90 Å². The number of phenols is 1. The maximum Gasteiger partial charge on any atom is 0.255 e. The van der Waals surface area contributed by atoms with E-state index in [9.17, 15) is 34.8 Å². The van der Waals surface area contributed by atoms with Crippen molar-refractivity contribution < 1.29 is 34.8 Å². The van der Waals surface area contributed by atoms with Crippen LogP contribution in [0.4, 0.5) is 5.69 Å². The van der Waals surface area contributed by atoms with Crippen LogP contribution >= 0.6 is 0 Å². The van der Waals surface area contributed by atoms with Gasteiger partial charge in [0, 0.05) is 43.4 Å². The van der Waals surface area contributed by atoms with Crippen molar-refractivity contribution in [3.8, 4) is 5.75 Å². The lowest BCUT2D eigenvalue weighted by Gasteiger charge is -2.50. The number of primary amides is 1. The predicted octanol–water partition coefficient (Wildman–Crippen LogP) is 1.32. The molecule has 0 saturated heterocycles. The molecule has 0 heterocycles. The number of aliphatic hydroxyl groups is 3. The number of fused-ring (bicyclic) bond motifs is 3. The zero-order valence-corrected chi connectivity index (χ0v) is 23.9. The van der Waals surface area contributed by atoms with Gasteiger partial charge in [-0.3, -0.25) is 19.3 Å². The number of carbonyl (C=O) groups excluding carboxylic acids is 3. The van der Waals surface area contributed by atoms with E-state index in [1.807, 2.05) is 25.1 Å². The lowest BCUT2D eigenvalue weighted by atomic mass is 9.58. The van der Waals surface area contributed by atoms with Crippen molar-refractivity contribution in [3.05, 3.63) is 45.4 Å². The summed E-state index contributed by atoms with van der Waals surface area (Å²) >= 11 is 0.